The number of piperazine rings is 1. The smallest absolute Gasteiger partial charge is 0.294 e. The highest BCUT2D eigenvalue weighted by Crippen LogP contribution is 2.43. The quantitative estimate of drug-likeness (QED) is 0.431. The van der Waals surface area contributed by atoms with E-state index in [2.05, 4.69) is 0 Å². The summed E-state index contributed by atoms with van der Waals surface area (Å²) in [6.07, 6.45) is 5.38. The number of methoxy groups -OCH3 is 3. The van der Waals surface area contributed by atoms with Crippen LogP contribution in [0.15, 0.2) is 12.1 Å². The van der Waals surface area contributed by atoms with Gasteiger partial charge in [-0.1, -0.05) is 0 Å². The highest BCUT2D eigenvalue weighted by Gasteiger charge is 2.56. The van der Waals surface area contributed by atoms with Crippen molar-refractivity contribution in [2.75, 3.05) is 28.1 Å². The van der Waals surface area contributed by atoms with Crippen molar-refractivity contribution in [2.45, 2.75) is 81.6 Å². The third kappa shape index (κ3) is 3.89. The van der Waals surface area contributed by atoms with Crippen LogP contribution >= 0.6 is 0 Å². The van der Waals surface area contributed by atoms with Crippen LogP contribution < -0.4 is 9.47 Å². The van der Waals surface area contributed by atoms with Gasteiger partial charge in [-0.25, -0.2) is 0 Å². The number of fused-ring (bicyclic) bond motifs is 5. The van der Waals surface area contributed by atoms with Crippen LogP contribution in [0.2, 0.25) is 0 Å². The van der Waals surface area contributed by atoms with Crippen LogP contribution in [0.1, 0.15) is 56.1 Å². The fourth-order valence-electron chi connectivity index (χ4n) is 6.55. The highest BCUT2D eigenvalue weighted by atomic mass is 16.7. The zero-order valence-corrected chi connectivity index (χ0v) is 20.7. The van der Waals surface area contributed by atoms with E-state index >= 15 is 0 Å². The maximum absolute atomic E-state index is 13.8. The van der Waals surface area contributed by atoms with Gasteiger partial charge in [-0.05, 0) is 63.0 Å². The van der Waals surface area contributed by atoms with Gasteiger partial charge in [0.2, 0.25) is 5.91 Å². The Morgan fingerprint density at radius 2 is 1.80 bits per heavy atom. The van der Waals surface area contributed by atoms with Gasteiger partial charge in [0, 0.05) is 25.3 Å². The van der Waals surface area contributed by atoms with E-state index in [9.17, 15) is 14.4 Å². The lowest BCUT2D eigenvalue weighted by atomic mass is 9.78. The molecule has 9 nitrogen and oxygen atoms in total. The summed E-state index contributed by atoms with van der Waals surface area (Å²) in [6.45, 7) is 0.400. The topological polar surface area (TPSA) is 94.6 Å². The minimum atomic E-state index is -1.15. The molecular formula is C26H34N2O7. The van der Waals surface area contributed by atoms with E-state index < -0.39 is 23.3 Å². The molecule has 1 saturated carbocycles. The second-order valence-electron chi connectivity index (χ2n) is 10.0. The number of hydrogen-bond acceptors (Lipinski definition) is 7. The van der Waals surface area contributed by atoms with E-state index in [-0.39, 0.29) is 24.8 Å². The van der Waals surface area contributed by atoms with Crippen molar-refractivity contribution < 1.29 is 33.3 Å². The third-order valence-corrected chi connectivity index (χ3v) is 8.27. The molecule has 1 aliphatic carbocycles. The number of carbonyl (C=O) groups is 3. The molecule has 2 saturated heterocycles. The number of rotatable bonds is 7. The summed E-state index contributed by atoms with van der Waals surface area (Å²) in [5, 5.41) is 0. The van der Waals surface area contributed by atoms with E-state index in [1.165, 1.54) is 7.11 Å². The van der Waals surface area contributed by atoms with Crippen molar-refractivity contribution in [3.8, 4) is 11.5 Å². The number of amides is 2. The van der Waals surface area contributed by atoms with E-state index in [0.717, 1.165) is 42.6 Å². The minimum absolute atomic E-state index is 0.0404. The minimum Gasteiger partial charge on any atom is -0.497 e. The monoisotopic (exact) mass is 486 g/mol. The van der Waals surface area contributed by atoms with Gasteiger partial charge < -0.3 is 28.7 Å². The summed E-state index contributed by atoms with van der Waals surface area (Å²) in [7, 11) is 4.73. The molecule has 1 aromatic rings. The number of hydrogen-bond donors (Lipinski definition) is 0. The molecule has 9 heteroatoms. The Morgan fingerprint density at radius 3 is 2.49 bits per heavy atom. The van der Waals surface area contributed by atoms with Crippen molar-refractivity contribution in [1.82, 2.24) is 9.80 Å². The van der Waals surface area contributed by atoms with Crippen LogP contribution in [0.25, 0.3) is 0 Å². The zero-order chi connectivity index (χ0) is 24.7. The molecule has 3 heterocycles. The molecule has 3 atom stereocenters. The third-order valence-electron chi connectivity index (χ3n) is 8.27. The molecule has 0 unspecified atom stereocenters. The van der Waals surface area contributed by atoms with Gasteiger partial charge in [0.25, 0.3) is 11.7 Å². The lowest BCUT2D eigenvalue weighted by molar-refractivity contribution is -0.180. The SMILES string of the molecule is COCOC1(C(=O)C(=O)N2[C@@H]3CCC[C@H]2C(=O)N2Cc4cc(OC)cc(OC)c4C[C@@H]32)CCCC1. The van der Waals surface area contributed by atoms with Crippen LogP contribution in [0.3, 0.4) is 0 Å². The number of nitrogens with zero attached hydrogens (tertiary/aromatic N) is 2. The number of benzene rings is 1. The molecule has 190 valence electrons. The fourth-order valence-corrected chi connectivity index (χ4v) is 6.55. The van der Waals surface area contributed by atoms with E-state index in [0.29, 0.717) is 38.0 Å². The molecule has 0 spiro atoms. The molecule has 3 fully saturated rings. The lowest BCUT2D eigenvalue weighted by Gasteiger charge is -2.55. The van der Waals surface area contributed by atoms with Crippen LogP contribution in [-0.4, -0.2) is 79.2 Å². The highest BCUT2D eigenvalue weighted by molar-refractivity contribution is 6.39. The molecule has 3 aliphatic heterocycles. The fraction of sp³-hybridized carbons (Fsp3) is 0.654. The van der Waals surface area contributed by atoms with Gasteiger partial charge in [-0.15, -0.1) is 0 Å². The maximum Gasteiger partial charge on any atom is 0.294 e. The summed E-state index contributed by atoms with van der Waals surface area (Å²) in [5.74, 6) is 0.194. The molecule has 4 aliphatic rings. The molecule has 2 bridgehead atoms. The van der Waals surface area contributed by atoms with Crippen LogP contribution in [0.5, 0.6) is 11.5 Å². The standard InChI is InChI=1S/C26H34N2O7/c1-32-15-35-26(9-4-5-10-26)23(29)25(31)28-19-7-6-8-20(28)24(30)27-14-16-11-17(33-2)12-22(34-3)18(16)13-21(19)27/h11-12,19-21H,4-10,13-15H2,1-3H3/t19-,20+,21+/m1/s1. The van der Waals surface area contributed by atoms with Gasteiger partial charge >= 0.3 is 0 Å². The number of ketones is 1. The van der Waals surface area contributed by atoms with Crippen molar-refractivity contribution in [3.05, 3.63) is 23.3 Å². The zero-order valence-electron chi connectivity index (χ0n) is 20.7. The number of Topliss-reactive ketones (excluding diaryl/α,β-unsaturated/α-hetero) is 1. The van der Waals surface area contributed by atoms with Crippen molar-refractivity contribution in [3.63, 3.8) is 0 Å². The van der Waals surface area contributed by atoms with Gasteiger partial charge in [-0.2, -0.15) is 0 Å². The van der Waals surface area contributed by atoms with Crippen molar-refractivity contribution in [2.24, 2.45) is 0 Å². The Morgan fingerprint density at radius 1 is 1.03 bits per heavy atom. The van der Waals surface area contributed by atoms with E-state index in [1.54, 1.807) is 19.1 Å². The van der Waals surface area contributed by atoms with Gasteiger partial charge in [0.15, 0.2) is 0 Å². The summed E-state index contributed by atoms with van der Waals surface area (Å²) < 4.78 is 22.0. The average molecular weight is 487 g/mol. The summed E-state index contributed by atoms with van der Waals surface area (Å²) >= 11 is 0. The van der Waals surface area contributed by atoms with E-state index in [4.69, 9.17) is 18.9 Å². The molecule has 1 aromatic carbocycles. The molecule has 2 amide bonds. The maximum atomic E-state index is 13.8. The lowest BCUT2D eigenvalue weighted by Crippen LogP contribution is -2.72. The van der Waals surface area contributed by atoms with E-state index in [1.807, 2.05) is 17.0 Å². The second kappa shape index (κ2) is 9.43. The molecule has 5 rings (SSSR count). The van der Waals surface area contributed by atoms with Gasteiger partial charge in [0.1, 0.15) is 29.9 Å². The number of piperidine rings is 1. The first-order valence-electron chi connectivity index (χ1n) is 12.5. The summed E-state index contributed by atoms with van der Waals surface area (Å²) in [6, 6.07) is 2.77. The molecule has 0 radical (unpaired) electrons. The Hall–Kier alpha value is -2.65. The average Bonchev–Trinajstić information content (AvgIpc) is 3.38. The molecule has 0 aromatic heterocycles. The van der Waals surface area contributed by atoms with Crippen molar-refractivity contribution in [1.29, 1.82) is 0 Å². The second-order valence-corrected chi connectivity index (χ2v) is 10.0. The summed E-state index contributed by atoms with van der Waals surface area (Å²) in [5.41, 5.74) is 0.874. The summed E-state index contributed by atoms with van der Waals surface area (Å²) in [4.78, 5) is 44.6. The Labute approximate surface area is 205 Å². The molecule has 0 N–H and O–H groups in total. The first-order valence-corrected chi connectivity index (χ1v) is 12.5. The van der Waals surface area contributed by atoms with Crippen LogP contribution in [-0.2, 0) is 36.8 Å². The van der Waals surface area contributed by atoms with Crippen LogP contribution in [0, 0.1) is 0 Å². The van der Waals surface area contributed by atoms with Crippen LogP contribution in [0.4, 0.5) is 0 Å². The predicted molar refractivity (Wildman–Crippen MR) is 125 cm³/mol. The Balaban J connectivity index is 1.47. The first kappa shape index (κ1) is 24.1. The number of carbonyl (C=O) groups excluding carboxylic acids is 3. The predicted octanol–water partition coefficient (Wildman–Crippen LogP) is 2.22. The van der Waals surface area contributed by atoms with Crippen molar-refractivity contribution >= 4 is 17.6 Å². The first-order chi connectivity index (χ1) is 16.9. The molecular weight excluding hydrogens is 452 g/mol. The Bertz CT molecular complexity index is 1020. The largest absolute Gasteiger partial charge is 0.497 e. The molecule has 35 heavy (non-hydrogen) atoms. The Kier molecular flexibility index (Phi) is 6.48. The van der Waals surface area contributed by atoms with Gasteiger partial charge in [0.05, 0.1) is 26.3 Å². The van der Waals surface area contributed by atoms with Gasteiger partial charge in [-0.3, -0.25) is 14.4 Å². The normalized spacial score (nSPS) is 26.7. The number of ether oxygens (including phenoxy) is 4.